The van der Waals surface area contributed by atoms with Gasteiger partial charge in [-0.1, -0.05) is 12.1 Å². The average Bonchev–Trinajstić information content (AvgIpc) is 2.54. The first kappa shape index (κ1) is 17.8. The molecule has 0 heterocycles. The Kier molecular flexibility index (Phi) is 5.42. The number of carbonyl (C=O) groups excluding carboxylic acids is 1. The normalized spacial score (nSPS) is 11.1. The lowest BCUT2D eigenvalue weighted by Gasteiger charge is -2.08. The number of primary sulfonamides is 1. The van der Waals surface area contributed by atoms with Crippen molar-refractivity contribution in [1.29, 1.82) is 0 Å². The molecule has 0 radical (unpaired) electrons. The second-order valence-corrected chi connectivity index (χ2v) is 6.64. The Labute approximate surface area is 140 Å². The van der Waals surface area contributed by atoms with E-state index in [0.717, 1.165) is 5.56 Å². The third-order valence-electron chi connectivity index (χ3n) is 3.40. The topological polar surface area (TPSA) is 119 Å². The van der Waals surface area contributed by atoms with Gasteiger partial charge >= 0.3 is 0 Å². The molecule has 2 rings (SSSR count). The molecule has 2 aromatic carbocycles. The van der Waals surface area contributed by atoms with Crippen molar-refractivity contribution < 1.29 is 23.1 Å². The van der Waals surface area contributed by atoms with E-state index >= 15 is 0 Å². The molecule has 0 fully saturated rings. The number of benzene rings is 2. The van der Waals surface area contributed by atoms with Crippen LogP contribution in [0, 0.1) is 0 Å². The standard InChI is InChI=1S/C16H18N2O5S/c1-23-12-4-7-14(15(19)10-12)16(20)18-9-8-11-2-5-13(6-3-11)24(17,21)22/h2-7,10,19H,8-9H2,1H3,(H,18,20)(H2,17,21,22). The average molecular weight is 350 g/mol. The molecule has 7 nitrogen and oxygen atoms in total. The van der Waals surface area contributed by atoms with Gasteiger partial charge in [-0.15, -0.1) is 0 Å². The molecule has 0 aliphatic rings. The zero-order valence-electron chi connectivity index (χ0n) is 13.0. The van der Waals surface area contributed by atoms with Gasteiger partial charge in [0.25, 0.3) is 5.91 Å². The summed E-state index contributed by atoms with van der Waals surface area (Å²) in [6.45, 7) is 0.332. The van der Waals surface area contributed by atoms with E-state index in [-0.39, 0.29) is 16.2 Å². The molecule has 0 aliphatic carbocycles. The zero-order valence-corrected chi connectivity index (χ0v) is 13.8. The van der Waals surface area contributed by atoms with Crippen molar-refractivity contribution in [3.63, 3.8) is 0 Å². The molecule has 0 saturated carbocycles. The SMILES string of the molecule is COc1ccc(C(=O)NCCc2ccc(S(N)(=O)=O)cc2)c(O)c1. The summed E-state index contributed by atoms with van der Waals surface area (Å²) in [5.74, 6) is -0.111. The fourth-order valence-corrected chi connectivity index (χ4v) is 2.61. The first-order valence-electron chi connectivity index (χ1n) is 7.08. The van der Waals surface area contributed by atoms with Crippen molar-refractivity contribution in [2.24, 2.45) is 5.14 Å². The van der Waals surface area contributed by atoms with Gasteiger partial charge < -0.3 is 15.2 Å². The van der Waals surface area contributed by atoms with Crippen LogP contribution in [0.15, 0.2) is 47.4 Å². The minimum Gasteiger partial charge on any atom is -0.507 e. The summed E-state index contributed by atoms with van der Waals surface area (Å²) in [5, 5.41) is 17.5. The number of phenols is 1. The Morgan fingerprint density at radius 1 is 1.21 bits per heavy atom. The highest BCUT2D eigenvalue weighted by Gasteiger charge is 2.12. The maximum absolute atomic E-state index is 12.0. The maximum atomic E-state index is 12.0. The van der Waals surface area contributed by atoms with E-state index in [0.29, 0.717) is 18.7 Å². The van der Waals surface area contributed by atoms with Crippen molar-refractivity contribution in [2.75, 3.05) is 13.7 Å². The lowest BCUT2D eigenvalue weighted by atomic mass is 10.1. The number of nitrogens with one attached hydrogen (secondary N) is 1. The van der Waals surface area contributed by atoms with Crippen LogP contribution in [0.1, 0.15) is 15.9 Å². The predicted molar refractivity (Wildman–Crippen MR) is 88.5 cm³/mol. The molecule has 1 amide bonds. The summed E-state index contributed by atoms with van der Waals surface area (Å²) in [7, 11) is -2.24. The quantitative estimate of drug-likeness (QED) is 0.719. The van der Waals surface area contributed by atoms with Crippen molar-refractivity contribution in [3.05, 3.63) is 53.6 Å². The minimum atomic E-state index is -3.71. The zero-order chi connectivity index (χ0) is 17.7. The molecule has 0 aromatic heterocycles. The Morgan fingerprint density at radius 2 is 1.88 bits per heavy atom. The lowest BCUT2D eigenvalue weighted by molar-refractivity contribution is 0.0951. The molecular weight excluding hydrogens is 332 g/mol. The number of nitrogens with two attached hydrogens (primary N) is 1. The number of hydrogen-bond acceptors (Lipinski definition) is 5. The number of carbonyl (C=O) groups is 1. The third-order valence-corrected chi connectivity index (χ3v) is 4.33. The second kappa shape index (κ2) is 7.33. The third kappa shape index (κ3) is 4.46. The van der Waals surface area contributed by atoms with Crippen molar-refractivity contribution >= 4 is 15.9 Å². The summed E-state index contributed by atoms with van der Waals surface area (Å²) in [6, 6.07) is 10.5. The van der Waals surface area contributed by atoms with Crippen LogP contribution in [0.25, 0.3) is 0 Å². The number of phenolic OH excluding ortho intramolecular Hbond substituents is 1. The maximum Gasteiger partial charge on any atom is 0.255 e. The first-order chi connectivity index (χ1) is 11.3. The summed E-state index contributed by atoms with van der Waals surface area (Å²) in [5.41, 5.74) is 1.00. The van der Waals surface area contributed by atoms with E-state index < -0.39 is 15.9 Å². The number of sulfonamides is 1. The molecule has 0 bridgehead atoms. The van der Waals surface area contributed by atoms with Crippen LogP contribution in [0.3, 0.4) is 0 Å². The molecular formula is C16H18N2O5S. The fraction of sp³-hybridized carbons (Fsp3) is 0.188. The first-order valence-corrected chi connectivity index (χ1v) is 8.63. The van der Waals surface area contributed by atoms with Crippen LogP contribution in [-0.4, -0.2) is 33.1 Å². The van der Waals surface area contributed by atoms with Gasteiger partial charge in [0, 0.05) is 12.6 Å². The molecule has 2 aromatic rings. The molecule has 24 heavy (non-hydrogen) atoms. The summed E-state index contributed by atoms with van der Waals surface area (Å²) in [6.07, 6.45) is 0.507. The Morgan fingerprint density at radius 3 is 2.42 bits per heavy atom. The van der Waals surface area contributed by atoms with E-state index in [2.05, 4.69) is 5.32 Å². The van der Waals surface area contributed by atoms with Gasteiger partial charge in [0.2, 0.25) is 10.0 Å². The van der Waals surface area contributed by atoms with Crippen LogP contribution in [0.2, 0.25) is 0 Å². The summed E-state index contributed by atoms with van der Waals surface area (Å²) >= 11 is 0. The van der Waals surface area contributed by atoms with E-state index in [1.165, 1.54) is 31.4 Å². The van der Waals surface area contributed by atoms with Crippen LogP contribution in [0.4, 0.5) is 0 Å². The number of amides is 1. The number of hydrogen-bond donors (Lipinski definition) is 3. The molecule has 4 N–H and O–H groups in total. The number of rotatable bonds is 6. The fourth-order valence-electron chi connectivity index (χ4n) is 2.09. The second-order valence-electron chi connectivity index (χ2n) is 5.08. The van der Waals surface area contributed by atoms with E-state index in [1.807, 2.05) is 0 Å². The Hall–Kier alpha value is -2.58. The van der Waals surface area contributed by atoms with Crippen LogP contribution >= 0.6 is 0 Å². The van der Waals surface area contributed by atoms with Gasteiger partial charge in [-0.3, -0.25) is 4.79 Å². The van der Waals surface area contributed by atoms with Gasteiger partial charge in [0.15, 0.2) is 0 Å². The van der Waals surface area contributed by atoms with Crippen molar-refractivity contribution in [3.8, 4) is 11.5 Å². The van der Waals surface area contributed by atoms with Gasteiger partial charge in [0.1, 0.15) is 11.5 Å². The number of aromatic hydroxyl groups is 1. The number of methoxy groups -OCH3 is 1. The largest absolute Gasteiger partial charge is 0.507 e. The van der Waals surface area contributed by atoms with Crippen LogP contribution < -0.4 is 15.2 Å². The highest BCUT2D eigenvalue weighted by Crippen LogP contribution is 2.23. The highest BCUT2D eigenvalue weighted by molar-refractivity contribution is 7.89. The van der Waals surface area contributed by atoms with Crippen LogP contribution in [-0.2, 0) is 16.4 Å². The van der Waals surface area contributed by atoms with Gasteiger partial charge in [-0.05, 0) is 36.2 Å². The predicted octanol–water partition coefficient (Wildman–Crippen LogP) is 1.02. The molecule has 128 valence electrons. The van der Waals surface area contributed by atoms with Gasteiger partial charge in [-0.25, -0.2) is 13.6 Å². The summed E-state index contributed by atoms with van der Waals surface area (Å²) in [4.78, 5) is 12.1. The Bertz CT molecular complexity index is 832. The molecule has 0 spiro atoms. The minimum absolute atomic E-state index is 0.0402. The molecule has 0 atom stereocenters. The molecule has 8 heteroatoms. The van der Waals surface area contributed by atoms with E-state index in [1.54, 1.807) is 18.2 Å². The van der Waals surface area contributed by atoms with Gasteiger partial charge in [-0.2, -0.15) is 0 Å². The molecule has 0 saturated heterocycles. The lowest BCUT2D eigenvalue weighted by Crippen LogP contribution is -2.25. The molecule has 0 aliphatic heterocycles. The van der Waals surface area contributed by atoms with E-state index in [4.69, 9.17) is 9.88 Å². The van der Waals surface area contributed by atoms with E-state index in [9.17, 15) is 18.3 Å². The smallest absolute Gasteiger partial charge is 0.255 e. The van der Waals surface area contributed by atoms with Gasteiger partial charge in [0.05, 0.1) is 17.6 Å². The number of ether oxygens (including phenoxy) is 1. The van der Waals surface area contributed by atoms with Crippen LogP contribution in [0.5, 0.6) is 11.5 Å². The monoisotopic (exact) mass is 350 g/mol. The van der Waals surface area contributed by atoms with Crippen molar-refractivity contribution in [2.45, 2.75) is 11.3 Å². The summed E-state index contributed by atoms with van der Waals surface area (Å²) < 4.78 is 27.3. The highest BCUT2D eigenvalue weighted by atomic mass is 32.2. The molecule has 0 unspecified atom stereocenters. The van der Waals surface area contributed by atoms with Crippen molar-refractivity contribution in [1.82, 2.24) is 5.32 Å². The Balaban J connectivity index is 1.93.